The van der Waals surface area contributed by atoms with E-state index in [9.17, 15) is 13.2 Å². The van der Waals surface area contributed by atoms with Crippen molar-refractivity contribution in [2.75, 3.05) is 16.7 Å². The average molecular weight is 449 g/mol. The van der Waals surface area contributed by atoms with Gasteiger partial charge in [-0.2, -0.15) is 0 Å². The van der Waals surface area contributed by atoms with Crippen molar-refractivity contribution < 1.29 is 13.2 Å². The lowest BCUT2D eigenvalue weighted by Gasteiger charge is -2.19. The molecule has 150 valence electrons. The summed E-state index contributed by atoms with van der Waals surface area (Å²) in [6.07, 6.45) is 0.109. The molecule has 0 aliphatic rings. The summed E-state index contributed by atoms with van der Waals surface area (Å²) in [5, 5.41) is 3.36. The molecule has 0 aliphatic carbocycles. The van der Waals surface area contributed by atoms with Gasteiger partial charge in [-0.1, -0.05) is 59.6 Å². The lowest BCUT2D eigenvalue weighted by molar-refractivity contribution is -0.115. The summed E-state index contributed by atoms with van der Waals surface area (Å²) >= 11 is 12.0. The molecule has 0 atom stereocenters. The number of nitrogens with zero attached hydrogens (tertiary/aromatic N) is 1. The van der Waals surface area contributed by atoms with Gasteiger partial charge in [-0.3, -0.25) is 9.10 Å². The molecule has 3 aromatic rings. The van der Waals surface area contributed by atoms with Gasteiger partial charge < -0.3 is 5.32 Å². The maximum Gasteiger partial charge on any atom is 0.264 e. The molecule has 8 heteroatoms. The highest BCUT2D eigenvalue weighted by Crippen LogP contribution is 2.29. The minimum Gasteiger partial charge on any atom is -0.324 e. The minimum atomic E-state index is -3.65. The zero-order chi connectivity index (χ0) is 21.0. The van der Waals surface area contributed by atoms with Crippen molar-refractivity contribution in [1.29, 1.82) is 0 Å². The maximum absolute atomic E-state index is 12.7. The van der Waals surface area contributed by atoms with Crippen molar-refractivity contribution in [2.24, 2.45) is 0 Å². The highest BCUT2D eigenvalue weighted by Gasteiger charge is 2.20. The number of rotatable bonds is 6. The van der Waals surface area contributed by atoms with Crippen LogP contribution in [0.1, 0.15) is 5.56 Å². The fourth-order valence-corrected chi connectivity index (χ4v) is 4.26. The van der Waals surface area contributed by atoms with Gasteiger partial charge in [-0.05, 0) is 42.0 Å². The molecular weight excluding hydrogens is 431 g/mol. The molecule has 0 fully saturated rings. The van der Waals surface area contributed by atoms with Gasteiger partial charge in [-0.15, -0.1) is 0 Å². The molecule has 29 heavy (non-hydrogen) atoms. The Bertz CT molecular complexity index is 1120. The van der Waals surface area contributed by atoms with Crippen molar-refractivity contribution >= 4 is 50.5 Å². The first-order chi connectivity index (χ1) is 13.8. The Labute approximate surface area is 179 Å². The molecule has 0 spiro atoms. The maximum atomic E-state index is 12.7. The van der Waals surface area contributed by atoms with Crippen LogP contribution in [0.2, 0.25) is 10.0 Å². The molecule has 0 aliphatic heterocycles. The molecule has 1 amide bonds. The Kier molecular flexibility index (Phi) is 6.47. The van der Waals surface area contributed by atoms with E-state index in [4.69, 9.17) is 23.2 Å². The third-order valence-corrected chi connectivity index (χ3v) is 6.91. The molecule has 0 unspecified atom stereocenters. The van der Waals surface area contributed by atoms with Crippen LogP contribution >= 0.6 is 23.2 Å². The van der Waals surface area contributed by atoms with E-state index in [0.717, 1.165) is 5.56 Å². The molecule has 0 bridgehead atoms. The minimum absolute atomic E-state index is 0.109. The Morgan fingerprint density at radius 1 is 0.931 bits per heavy atom. The average Bonchev–Trinajstić information content (AvgIpc) is 2.72. The molecule has 0 radical (unpaired) electrons. The predicted molar refractivity (Wildman–Crippen MR) is 117 cm³/mol. The van der Waals surface area contributed by atoms with Crippen LogP contribution in [-0.2, 0) is 21.2 Å². The second kappa shape index (κ2) is 8.86. The van der Waals surface area contributed by atoms with E-state index in [1.807, 2.05) is 0 Å². The van der Waals surface area contributed by atoms with Crippen LogP contribution < -0.4 is 9.62 Å². The fraction of sp³-hybridized carbons (Fsp3) is 0.0952. The molecule has 0 heterocycles. The normalized spacial score (nSPS) is 11.1. The monoisotopic (exact) mass is 448 g/mol. The predicted octanol–water partition coefficient (Wildman–Crippen LogP) is 5.00. The second-order valence-corrected chi connectivity index (χ2v) is 9.03. The molecule has 0 aromatic heterocycles. The number of halogens is 2. The van der Waals surface area contributed by atoms with Gasteiger partial charge in [0.05, 0.1) is 32.7 Å². The highest BCUT2D eigenvalue weighted by atomic mass is 35.5. The van der Waals surface area contributed by atoms with Gasteiger partial charge in [0.25, 0.3) is 10.0 Å². The first kappa shape index (κ1) is 21.2. The fourth-order valence-electron chi connectivity index (χ4n) is 2.69. The topological polar surface area (TPSA) is 66.5 Å². The van der Waals surface area contributed by atoms with E-state index < -0.39 is 10.0 Å². The van der Waals surface area contributed by atoms with E-state index in [0.29, 0.717) is 16.4 Å². The molecule has 3 aromatic carbocycles. The number of anilines is 2. The van der Waals surface area contributed by atoms with Gasteiger partial charge >= 0.3 is 0 Å². The summed E-state index contributed by atoms with van der Waals surface area (Å²) in [7, 11) is -2.16. The number of carbonyl (C=O) groups excluding carboxylic acids is 1. The first-order valence-corrected chi connectivity index (χ1v) is 10.9. The van der Waals surface area contributed by atoms with Crippen molar-refractivity contribution in [3.63, 3.8) is 0 Å². The number of sulfonamides is 1. The molecule has 1 N–H and O–H groups in total. The van der Waals surface area contributed by atoms with E-state index in [2.05, 4.69) is 5.32 Å². The number of hydrogen-bond donors (Lipinski definition) is 1. The van der Waals surface area contributed by atoms with Crippen LogP contribution in [0.15, 0.2) is 77.7 Å². The standard InChI is InChI=1S/C21H18Cl2N2O3S/c1-25(29(27,28)17-6-3-2-4-7-17)16-12-10-15(11-13-16)14-20(26)24-19-9-5-8-18(22)21(19)23/h2-13H,14H2,1H3,(H,24,26). The SMILES string of the molecule is CN(c1ccc(CC(=O)Nc2cccc(Cl)c2Cl)cc1)S(=O)(=O)c1ccccc1. The van der Waals surface area contributed by atoms with Gasteiger partial charge in [0.15, 0.2) is 0 Å². The second-order valence-electron chi connectivity index (χ2n) is 6.28. The summed E-state index contributed by atoms with van der Waals surface area (Å²) in [4.78, 5) is 12.5. The van der Waals surface area contributed by atoms with Crippen LogP contribution in [0.3, 0.4) is 0 Å². The Morgan fingerprint density at radius 3 is 2.24 bits per heavy atom. The number of carbonyl (C=O) groups is 1. The van der Waals surface area contributed by atoms with Crippen LogP contribution in [0.4, 0.5) is 11.4 Å². The van der Waals surface area contributed by atoms with Crippen molar-refractivity contribution in [1.82, 2.24) is 0 Å². The number of hydrogen-bond acceptors (Lipinski definition) is 3. The van der Waals surface area contributed by atoms with Crippen LogP contribution in [-0.4, -0.2) is 21.4 Å². The Hall–Kier alpha value is -2.54. The van der Waals surface area contributed by atoms with Crippen LogP contribution in [0, 0.1) is 0 Å². The van der Waals surface area contributed by atoms with Crippen molar-refractivity contribution in [3.8, 4) is 0 Å². The lowest BCUT2D eigenvalue weighted by Crippen LogP contribution is -2.26. The number of amides is 1. The zero-order valence-electron chi connectivity index (χ0n) is 15.5. The molecule has 0 saturated carbocycles. The van der Waals surface area contributed by atoms with Crippen molar-refractivity contribution in [3.05, 3.63) is 88.4 Å². The van der Waals surface area contributed by atoms with E-state index in [1.54, 1.807) is 72.8 Å². The van der Waals surface area contributed by atoms with Gasteiger partial charge in [0.1, 0.15) is 0 Å². The Balaban J connectivity index is 1.70. The van der Waals surface area contributed by atoms with E-state index in [1.165, 1.54) is 11.4 Å². The van der Waals surface area contributed by atoms with Gasteiger partial charge in [0.2, 0.25) is 5.91 Å². The largest absolute Gasteiger partial charge is 0.324 e. The summed E-state index contributed by atoms with van der Waals surface area (Å²) in [6.45, 7) is 0. The molecule has 5 nitrogen and oxygen atoms in total. The lowest BCUT2D eigenvalue weighted by atomic mass is 10.1. The van der Waals surface area contributed by atoms with E-state index >= 15 is 0 Å². The number of benzene rings is 3. The molecule has 0 saturated heterocycles. The van der Waals surface area contributed by atoms with Gasteiger partial charge in [0, 0.05) is 7.05 Å². The quantitative estimate of drug-likeness (QED) is 0.576. The van der Waals surface area contributed by atoms with Crippen LogP contribution in [0.25, 0.3) is 0 Å². The number of nitrogens with one attached hydrogen (secondary N) is 1. The van der Waals surface area contributed by atoms with Crippen molar-refractivity contribution in [2.45, 2.75) is 11.3 Å². The summed E-state index contributed by atoms with van der Waals surface area (Å²) in [5.74, 6) is -0.257. The summed E-state index contributed by atoms with van der Waals surface area (Å²) in [5.41, 5.74) is 1.67. The smallest absolute Gasteiger partial charge is 0.264 e. The molecular formula is C21H18Cl2N2O3S. The summed E-state index contributed by atoms with van der Waals surface area (Å²) in [6, 6.07) is 20.0. The molecule has 3 rings (SSSR count). The van der Waals surface area contributed by atoms with E-state index in [-0.39, 0.29) is 22.2 Å². The third kappa shape index (κ3) is 4.90. The zero-order valence-corrected chi connectivity index (χ0v) is 17.8. The first-order valence-electron chi connectivity index (χ1n) is 8.66. The third-order valence-electron chi connectivity index (χ3n) is 4.29. The Morgan fingerprint density at radius 2 is 1.59 bits per heavy atom. The van der Waals surface area contributed by atoms with Crippen LogP contribution in [0.5, 0.6) is 0 Å². The summed E-state index contributed by atoms with van der Waals surface area (Å²) < 4.78 is 26.6. The highest BCUT2D eigenvalue weighted by molar-refractivity contribution is 7.92. The van der Waals surface area contributed by atoms with Gasteiger partial charge in [-0.25, -0.2) is 8.42 Å².